The molecular formula is C14H17N3O2. The fraction of sp³-hybridized carbons (Fsp3) is 0.429. The van der Waals surface area contributed by atoms with Gasteiger partial charge < -0.3 is 16.0 Å². The maximum atomic E-state index is 12.1. The highest BCUT2D eigenvalue weighted by atomic mass is 16.2. The molecule has 1 saturated heterocycles. The summed E-state index contributed by atoms with van der Waals surface area (Å²) in [6.07, 6.45) is 3.50. The molecule has 0 aromatic heterocycles. The van der Waals surface area contributed by atoms with Crippen LogP contribution in [0.4, 0.5) is 11.4 Å². The van der Waals surface area contributed by atoms with Crippen molar-refractivity contribution in [2.24, 2.45) is 0 Å². The molecule has 0 saturated carbocycles. The third kappa shape index (κ3) is 2.61. The van der Waals surface area contributed by atoms with E-state index in [-0.39, 0.29) is 17.9 Å². The van der Waals surface area contributed by atoms with Gasteiger partial charge >= 0.3 is 0 Å². The van der Waals surface area contributed by atoms with E-state index in [0.717, 1.165) is 42.7 Å². The van der Waals surface area contributed by atoms with Crippen LogP contribution >= 0.6 is 0 Å². The van der Waals surface area contributed by atoms with E-state index in [2.05, 4.69) is 16.0 Å². The average Bonchev–Trinajstić information content (AvgIpc) is 2.79. The molecule has 2 aliphatic heterocycles. The molecule has 2 aliphatic rings. The number of hydrogen-bond donors (Lipinski definition) is 3. The van der Waals surface area contributed by atoms with E-state index in [1.165, 1.54) is 0 Å². The van der Waals surface area contributed by atoms with Crippen LogP contribution in [0, 0.1) is 0 Å². The number of carbonyl (C=O) groups is 2. The summed E-state index contributed by atoms with van der Waals surface area (Å²) in [7, 11) is 0. The Hall–Kier alpha value is -1.88. The molecule has 100 valence electrons. The molecule has 1 aromatic carbocycles. The predicted octanol–water partition coefficient (Wildman–Crippen LogP) is 1.26. The minimum atomic E-state index is -0.0956. The zero-order chi connectivity index (χ0) is 13.2. The van der Waals surface area contributed by atoms with Gasteiger partial charge in [0.2, 0.25) is 11.8 Å². The molecule has 5 nitrogen and oxygen atoms in total. The number of piperidine rings is 1. The van der Waals surface area contributed by atoms with Crippen LogP contribution in [0.2, 0.25) is 0 Å². The topological polar surface area (TPSA) is 70.2 Å². The van der Waals surface area contributed by atoms with E-state index in [0.29, 0.717) is 6.42 Å². The number of fused-ring (bicyclic) bond motifs is 1. The molecule has 1 unspecified atom stereocenters. The monoisotopic (exact) mass is 259 g/mol. The van der Waals surface area contributed by atoms with E-state index in [4.69, 9.17) is 0 Å². The minimum Gasteiger partial charge on any atom is -0.326 e. The highest BCUT2D eigenvalue weighted by Crippen LogP contribution is 2.26. The Labute approximate surface area is 111 Å². The Bertz CT molecular complexity index is 521. The van der Waals surface area contributed by atoms with Crippen molar-refractivity contribution in [3.05, 3.63) is 23.8 Å². The summed E-state index contributed by atoms with van der Waals surface area (Å²) in [6.45, 7) is 0.903. The van der Waals surface area contributed by atoms with Crippen LogP contribution < -0.4 is 16.0 Å². The highest BCUT2D eigenvalue weighted by Gasteiger charge is 2.22. The summed E-state index contributed by atoms with van der Waals surface area (Å²) in [6, 6.07) is 5.44. The largest absolute Gasteiger partial charge is 0.326 e. The van der Waals surface area contributed by atoms with Crippen molar-refractivity contribution < 1.29 is 9.59 Å². The normalized spacial score (nSPS) is 21.7. The number of carbonyl (C=O) groups excluding carboxylic acids is 2. The van der Waals surface area contributed by atoms with Crippen molar-refractivity contribution in [1.82, 2.24) is 5.32 Å². The van der Waals surface area contributed by atoms with Crippen molar-refractivity contribution in [2.75, 3.05) is 17.2 Å². The molecule has 19 heavy (non-hydrogen) atoms. The number of nitrogens with one attached hydrogen (secondary N) is 3. The van der Waals surface area contributed by atoms with E-state index in [9.17, 15) is 9.59 Å². The first kappa shape index (κ1) is 12.2. The number of rotatable bonds is 2. The fourth-order valence-corrected chi connectivity index (χ4v) is 2.61. The maximum absolute atomic E-state index is 12.1. The Kier molecular flexibility index (Phi) is 3.21. The molecule has 0 radical (unpaired) electrons. The van der Waals surface area contributed by atoms with Gasteiger partial charge in [0.15, 0.2) is 0 Å². The van der Waals surface area contributed by atoms with Gasteiger partial charge in [-0.1, -0.05) is 6.42 Å². The van der Waals surface area contributed by atoms with Crippen LogP contribution in [0.25, 0.3) is 0 Å². The Balaban J connectivity index is 1.68. The lowest BCUT2D eigenvalue weighted by Gasteiger charge is -2.22. The summed E-state index contributed by atoms with van der Waals surface area (Å²) < 4.78 is 0. The summed E-state index contributed by atoms with van der Waals surface area (Å²) in [5, 5.41) is 8.91. The lowest BCUT2D eigenvalue weighted by atomic mass is 10.0. The first-order chi connectivity index (χ1) is 9.22. The van der Waals surface area contributed by atoms with Crippen LogP contribution in [0.5, 0.6) is 0 Å². The van der Waals surface area contributed by atoms with Gasteiger partial charge in [-0.05, 0) is 43.1 Å². The Morgan fingerprint density at radius 3 is 3.00 bits per heavy atom. The van der Waals surface area contributed by atoms with Crippen LogP contribution in [0.3, 0.4) is 0 Å². The van der Waals surface area contributed by atoms with Gasteiger partial charge in [-0.25, -0.2) is 0 Å². The van der Waals surface area contributed by atoms with Crippen molar-refractivity contribution in [1.29, 1.82) is 0 Å². The lowest BCUT2D eigenvalue weighted by Crippen LogP contribution is -2.43. The van der Waals surface area contributed by atoms with E-state index in [1.54, 1.807) is 0 Å². The Morgan fingerprint density at radius 2 is 2.21 bits per heavy atom. The molecule has 1 aromatic rings. The summed E-state index contributed by atoms with van der Waals surface area (Å²) in [4.78, 5) is 23.3. The summed E-state index contributed by atoms with van der Waals surface area (Å²) >= 11 is 0. The quantitative estimate of drug-likeness (QED) is 0.749. The molecule has 1 fully saturated rings. The average molecular weight is 259 g/mol. The SMILES string of the molecule is O=C1Cc2cc(NC(=O)C3CCCCN3)ccc2N1. The molecule has 0 aliphatic carbocycles. The van der Waals surface area contributed by atoms with E-state index >= 15 is 0 Å². The van der Waals surface area contributed by atoms with Gasteiger partial charge in [-0.2, -0.15) is 0 Å². The van der Waals surface area contributed by atoms with Crippen molar-refractivity contribution in [3.63, 3.8) is 0 Å². The smallest absolute Gasteiger partial charge is 0.241 e. The second kappa shape index (κ2) is 5.01. The molecule has 3 rings (SSSR count). The van der Waals surface area contributed by atoms with Gasteiger partial charge in [-0.15, -0.1) is 0 Å². The summed E-state index contributed by atoms with van der Waals surface area (Å²) in [5.41, 5.74) is 2.55. The zero-order valence-corrected chi connectivity index (χ0v) is 10.7. The molecule has 1 atom stereocenters. The first-order valence-corrected chi connectivity index (χ1v) is 6.69. The standard InChI is InChI=1S/C14H17N3O2/c18-13-8-9-7-10(4-5-11(9)17-13)16-14(19)12-3-1-2-6-15-12/h4-5,7,12,15H,1-3,6,8H2,(H,16,19)(H,17,18). The lowest BCUT2D eigenvalue weighted by molar-refractivity contribution is -0.118. The molecule has 3 N–H and O–H groups in total. The summed E-state index contributed by atoms with van der Waals surface area (Å²) in [5.74, 6) is 0.0179. The molecule has 5 heteroatoms. The van der Waals surface area contributed by atoms with Crippen LogP contribution in [0.1, 0.15) is 24.8 Å². The van der Waals surface area contributed by atoms with Crippen molar-refractivity contribution in [2.45, 2.75) is 31.7 Å². The van der Waals surface area contributed by atoms with Crippen LogP contribution in [-0.4, -0.2) is 24.4 Å². The van der Waals surface area contributed by atoms with Gasteiger partial charge in [0.05, 0.1) is 12.5 Å². The molecule has 0 bridgehead atoms. The zero-order valence-electron chi connectivity index (χ0n) is 10.7. The maximum Gasteiger partial charge on any atom is 0.241 e. The van der Waals surface area contributed by atoms with Gasteiger partial charge in [0.25, 0.3) is 0 Å². The van der Waals surface area contributed by atoms with Gasteiger partial charge in [0.1, 0.15) is 0 Å². The molecule has 0 spiro atoms. The third-order valence-electron chi connectivity index (χ3n) is 3.62. The molecular weight excluding hydrogens is 242 g/mol. The highest BCUT2D eigenvalue weighted by molar-refractivity contribution is 6.00. The Morgan fingerprint density at radius 1 is 1.32 bits per heavy atom. The van der Waals surface area contributed by atoms with Gasteiger partial charge in [0, 0.05) is 11.4 Å². The van der Waals surface area contributed by atoms with Crippen LogP contribution in [-0.2, 0) is 16.0 Å². The number of hydrogen-bond acceptors (Lipinski definition) is 3. The fourth-order valence-electron chi connectivity index (χ4n) is 2.61. The van der Waals surface area contributed by atoms with Crippen molar-refractivity contribution in [3.8, 4) is 0 Å². The molecule has 2 amide bonds. The van der Waals surface area contributed by atoms with E-state index < -0.39 is 0 Å². The second-order valence-corrected chi connectivity index (χ2v) is 5.09. The third-order valence-corrected chi connectivity index (χ3v) is 3.62. The minimum absolute atomic E-state index is 0.00687. The van der Waals surface area contributed by atoms with E-state index in [1.807, 2.05) is 18.2 Å². The second-order valence-electron chi connectivity index (χ2n) is 5.09. The predicted molar refractivity (Wildman–Crippen MR) is 73.0 cm³/mol. The number of amides is 2. The number of benzene rings is 1. The van der Waals surface area contributed by atoms with Gasteiger partial charge in [-0.3, -0.25) is 9.59 Å². The van der Waals surface area contributed by atoms with Crippen LogP contribution in [0.15, 0.2) is 18.2 Å². The molecule has 2 heterocycles. The van der Waals surface area contributed by atoms with Crippen molar-refractivity contribution >= 4 is 23.2 Å². The number of anilines is 2. The first-order valence-electron chi connectivity index (χ1n) is 6.69.